The van der Waals surface area contributed by atoms with Crippen molar-refractivity contribution in [1.82, 2.24) is 19.0 Å². The van der Waals surface area contributed by atoms with Crippen LogP contribution in [0.4, 0.5) is 0 Å². The predicted octanol–water partition coefficient (Wildman–Crippen LogP) is 0.209. The van der Waals surface area contributed by atoms with Gasteiger partial charge in [-0.1, -0.05) is 6.92 Å². The van der Waals surface area contributed by atoms with Crippen molar-refractivity contribution in [3.05, 3.63) is 6.20 Å². The molecule has 19 heavy (non-hydrogen) atoms. The number of nitrogens with zero attached hydrogens (tertiary/aromatic N) is 3. The molecule has 6 nitrogen and oxygen atoms in total. The molecule has 1 fully saturated rings. The second-order valence-corrected chi connectivity index (χ2v) is 5.47. The molecular formula is C12H22N4O2S. The third-order valence-corrected chi connectivity index (χ3v) is 3.86. The zero-order valence-electron chi connectivity index (χ0n) is 11.3. The minimum absolute atomic E-state index is 0.254. The van der Waals surface area contributed by atoms with Gasteiger partial charge in [0.1, 0.15) is 18.9 Å². The van der Waals surface area contributed by atoms with Gasteiger partial charge in [-0.15, -0.1) is 4.37 Å². The number of aliphatic hydroxyl groups is 1. The number of aromatic nitrogens is 2. The predicted molar refractivity (Wildman–Crippen MR) is 74.5 cm³/mol. The molecule has 0 spiro atoms. The summed E-state index contributed by atoms with van der Waals surface area (Å²) in [7, 11) is 0. The smallest absolute Gasteiger partial charge is 0.245 e. The molecule has 0 amide bonds. The molecule has 0 saturated carbocycles. The Hall–Kier alpha value is -0.760. The highest BCUT2D eigenvalue weighted by Gasteiger charge is 2.20. The van der Waals surface area contributed by atoms with E-state index >= 15 is 0 Å². The van der Waals surface area contributed by atoms with Crippen molar-refractivity contribution in [3.8, 4) is 5.88 Å². The van der Waals surface area contributed by atoms with Crippen molar-refractivity contribution >= 4 is 11.7 Å². The summed E-state index contributed by atoms with van der Waals surface area (Å²) in [5, 5.41) is 13.1. The fourth-order valence-corrected chi connectivity index (χ4v) is 2.65. The molecule has 1 aromatic rings. The van der Waals surface area contributed by atoms with Crippen molar-refractivity contribution in [2.24, 2.45) is 5.92 Å². The third-order valence-electron chi connectivity index (χ3n) is 3.39. The van der Waals surface area contributed by atoms with Gasteiger partial charge in [-0.2, -0.15) is 4.37 Å². The lowest BCUT2D eigenvalue weighted by molar-refractivity contribution is 0.103. The van der Waals surface area contributed by atoms with Crippen LogP contribution in [-0.4, -0.2) is 64.2 Å². The summed E-state index contributed by atoms with van der Waals surface area (Å²) in [6, 6.07) is 0. The van der Waals surface area contributed by atoms with E-state index in [1.165, 1.54) is 19.5 Å². The normalized spacial score (nSPS) is 21.7. The van der Waals surface area contributed by atoms with E-state index in [0.717, 1.165) is 24.8 Å². The van der Waals surface area contributed by atoms with Gasteiger partial charge in [-0.05, 0) is 32.0 Å². The van der Waals surface area contributed by atoms with Crippen LogP contribution < -0.4 is 10.1 Å². The molecule has 0 bridgehead atoms. The highest BCUT2D eigenvalue weighted by atomic mass is 32.1. The summed E-state index contributed by atoms with van der Waals surface area (Å²) in [6.07, 6.45) is 2.30. The summed E-state index contributed by atoms with van der Waals surface area (Å²) in [6.45, 7) is 7.47. The molecule has 108 valence electrons. The molecule has 1 aliphatic rings. The highest BCUT2D eigenvalue weighted by Crippen LogP contribution is 2.14. The topological polar surface area (TPSA) is 70.5 Å². The molecule has 2 atom stereocenters. The second kappa shape index (κ2) is 7.74. The SMILES string of the molecule is CCN1CCC(CNCC(O)COc2cnsn2)C1. The van der Waals surface area contributed by atoms with Crippen molar-refractivity contribution in [3.63, 3.8) is 0 Å². The van der Waals surface area contributed by atoms with E-state index in [1.54, 1.807) is 6.20 Å². The first-order valence-electron chi connectivity index (χ1n) is 6.79. The Bertz CT molecular complexity index is 350. The lowest BCUT2D eigenvalue weighted by atomic mass is 10.1. The molecule has 1 aliphatic heterocycles. The molecule has 2 heterocycles. The van der Waals surface area contributed by atoms with Crippen LogP contribution in [-0.2, 0) is 0 Å². The summed E-state index contributed by atoms with van der Waals surface area (Å²) in [5.74, 6) is 1.19. The van der Waals surface area contributed by atoms with Gasteiger partial charge in [0.15, 0.2) is 0 Å². The molecule has 1 aromatic heterocycles. The summed E-state index contributed by atoms with van der Waals surface area (Å²) < 4.78 is 13.1. The Morgan fingerprint density at radius 1 is 1.68 bits per heavy atom. The number of hydrogen-bond donors (Lipinski definition) is 2. The Labute approximate surface area is 118 Å². The van der Waals surface area contributed by atoms with E-state index in [2.05, 4.69) is 25.9 Å². The van der Waals surface area contributed by atoms with Gasteiger partial charge < -0.3 is 20.1 Å². The fraction of sp³-hybridized carbons (Fsp3) is 0.833. The minimum atomic E-state index is -0.509. The first-order valence-corrected chi connectivity index (χ1v) is 7.52. The van der Waals surface area contributed by atoms with Crippen molar-refractivity contribution in [2.45, 2.75) is 19.4 Å². The van der Waals surface area contributed by atoms with Gasteiger partial charge in [0.05, 0.1) is 11.7 Å². The molecule has 7 heteroatoms. The van der Waals surface area contributed by atoms with Crippen LogP contribution in [0.25, 0.3) is 0 Å². The maximum atomic E-state index is 9.78. The summed E-state index contributed by atoms with van der Waals surface area (Å²) in [5.41, 5.74) is 0. The quantitative estimate of drug-likeness (QED) is 0.712. The van der Waals surface area contributed by atoms with E-state index in [4.69, 9.17) is 4.74 Å². The number of ether oxygens (including phenoxy) is 1. The van der Waals surface area contributed by atoms with Crippen LogP contribution >= 0.6 is 11.7 Å². The fourth-order valence-electron chi connectivity index (χ4n) is 2.28. The van der Waals surface area contributed by atoms with E-state index in [-0.39, 0.29) is 6.61 Å². The molecule has 0 radical (unpaired) electrons. The Morgan fingerprint density at radius 2 is 2.58 bits per heavy atom. The molecule has 2 unspecified atom stereocenters. The van der Waals surface area contributed by atoms with Gasteiger partial charge in [-0.25, -0.2) is 0 Å². The number of hydrogen-bond acceptors (Lipinski definition) is 7. The van der Waals surface area contributed by atoms with Gasteiger partial charge in [0, 0.05) is 13.1 Å². The summed E-state index contributed by atoms with van der Waals surface area (Å²) >= 11 is 1.10. The molecule has 2 N–H and O–H groups in total. The zero-order valence-corrected chi connectivity index (χ0v) is 12.1. The number of rotatable bonds is 8. The standard InChI is InChI=1S/C12H22N4O2S/c1-2-16-4-3-10(8-16)5-13-6-11(17)9-18-12-7-14-19-15-12/h7,10-11,13,17H,2-6,8-9H2,1H3. The zero-order chi connectivity index (χ0) is 13.5. The average Bonchev–Trinajstić information content (AvgIpc) is 3.07. The Kier molecular flexibility index (Phi) is 5.96. The molecule has 0 aromatic carbocycles. The van der Waals surface area contributed by atoms with Gasteiger partial charge in [0.2, 0.25) is 5.88 Å². The van der Waals surface area contributed by atoms with E-state index in [1.807, 2.05) is 0 Å². The van der Waals surface area contributed by atoms with Crippen molar-refractivity contribution in [2.75, 3.05) is 39.3 Å². The first kappa shape index (κ1) is 14.6. The van der Waals surface area contributed by atoms with Crippen LogP contribution in [0.1, 0.15) is 13.3 Å². The second-order valence-electron chi connectivity index (χ2n) is 4.92. The summed E-state index contributed by atoms with van der Waals surface area (Å²) in [4.78, 5) is 2.46. The third kappa shape index (κ3) is 5.02. The lowest BCUT2D eigenvalue weighted by Gasteiger charge is -2.15. The van der Waals surface area contributed by atoms with Gasteiger partial charge in [0.25, 0.3) is 0 Å². The monoisotopic (exact) mass is 286 g/mol. The number of nitrogens with one attached hydrogen (secondary N) is 1. The molecular weight excluding hydrogens is 264 g/mol. The Balaban J connectivity index is 1.53. The largest absolute Gasteiger partial charge is 0.473 e. The van der Waals surface area contributed by atoms with E-state index in [9.17, 15) is 5.11 Å². The molecule has 0 aliphatic carbocycles. The highest BCUT2D eigenvalue weighted by molar-refractivity contribution is 6.99. The van der Waals surface area contributed by atoms with Gasteiger partial charge in [-0.3, -0.25) is 0 Å². The molecule has 1 saturated heterocycles. The van der Waals surface area contributed by atoms with E-state index < -0.39 is 6.10 Å². The number of aliphatic hydroxyl groups excluding tert-OH is 1. The lowest BCUT2D eigenvalue weighted by Crippen LogP contribution is -2.35. The van der Waals surface area contributed by atoms with Crippen LogP contribution in [0.3, 0.4) is 0 Å². The average molecular weight is 286 g/mol. The van der Waals surface area contributed by atoms with Gasteiger partial charge >= 0.3 is 0 Å². The van der Waals surface area contributed by atoms with Crippen LogP contribution in [0.2, 0.25) is 0 Å². The van der Waals surface area contributed by atoms with Crippen molar-refractivity contribution < 1.29 is 9.84 Å². The van der Waals surface area contributed by atoms with Crippen molar-refractivity contribution in [1.29, 1.82) is 0 Å². The van der Waals surface area contributed by atoms with Crippen LogP contribution in [0, 0.1) is 5.92 Å². The van der Waals surface area contributed by atoms with Crippen LogP contribution in [0.15, 0.2) is 6.20 Å². The maximum absolute atomic E-state index is 9.78. The van der Waals surface area contributed by atoms with Crippen LogP contribution in [0.5, 0.6) is 5.88 Å². The maximum Gasteiger partial charge on any atom is 0.245 e. The number of likely N-dealkylation sites (tertiary alicyclic amines) is 1. The minimum Gasteiger partial charge on any atom is -0.473 e. The van der Waals surface area contributed by atoms with E-state index in [0.29, 0.717) is 18.3 Å². The first-order chi connectivity index (χ1) is 9.28. The Morgan fingerprint density at radius 3 is 3.26 bits per heavy atom. The molecule has 2 rings (SSSR count).